The molecule has 17 heavy (non-hydrogen) atoms. The van der Waals surface area contributed by atoms with E-state index in [4.69, 9.17) is 11.1 Å². The van der Waals surface area contributed by atoms with Gasteiger partial charge in [0.15, 0.2) is 0 Å². The van der Waals surface area contributed by atoms with Crippen LogP contribution in [0.2, 0.25) is 0 Å². The first kappa shape index (κ1) is 12.4. The van der Waals surface area contributed by atoms with Gasteiger partial charge in [0.25, 0.3) is 0 Å². The molecule has 2 aromatic carbocycles. The van der Waals surface area contributed by atoms with Crippen molar-refractivity contribution >= 4 is 11.4 Å². The third-order valence-electron chi connectivity index (χ3n) is 1.79. The van der Waals surface area contributed by atoms with Crippen molar-refractivity contribution in [1.29, 1.82) is 0 Å². The van der Waals surface area contributed by atoms with Crippen LogP contribution in [0.5, 0.6) is 0 Å². The van der Waals surface area contributed by atoms with Gasteiger partial charge in [-0.2, -0.15) is 10.2 Å². The minimum absolute atomic E-state index is 0.872. The molecule has 0 unspecified atom stereocenters. The van der Waals surface area contributed by atoms with Crippen molar-refractivity contribution in [3.63, 3.8) is 0 Å². The van der Waals surface area contributed by atoms with E-state index >= 15 is 0 Å². The van der Waals surface area contributed by atoms with Crippen LogP contribution in [-0.2, 0) is 0 Å². The summed E-state index contributed by atoms with van der Waals surface area (Å²) in [7, 11) is 0. The van der Waals surface area contributed by atoms with Crippen LogP contribution in [-0.4, -0.2) is 0 Å². The van der Waals surface area contributed by atoms with Crippen molar-refractivity contribution in [2.75, 3.05) is 0 Å². The highest BCUT2D eigenvalue weighted by atomic mass is 15.1. The van der Waals surface area contributed by atoms with E-state index in [-0.39, 0.29) is 0 Å². The Morgan fingerprint density at radius 2 is 0.941 bits per heavy atom. The highest BCUT2D eigenvalue weighted by Crippen LogP contribution is 2.16. The van der Waals surface area contributed by atoms with Crippen molar-refractivity contribution in [2.24, 2.45) is 10.2 Å². The molecule has 0 saturated carbocycles. The van der Waals surface area contributed by atoms with Crippen molar-refractivity contribution in [3.05, 3.63) is 76.6 Å². The van der Waals surface area contributed by atoms with Crippen LogP contribution in [0.25, 0.3) is 16.0 Å². The van der Waals surface area contributed by atoms with Gasteiger partial charge in [0, 0.05) is 0 Å². The fraction of sp³-hybridized carbons (Fsp3) is 0. The van der Waals surface area contributed by atoms with Crippen molar-refractivity contribution in [2.45, 2.75) is 0 Å². The molecule has 0 aliphatic heterocycles. The molecular formula is C12H10N5-. The predicted molar refractivity (Wildman–Crippen MR) is 67.1 cm³/mol. The molecule has 0 bridgehead atoms. The van der Waals surface area contributed by atoms with Crippen LogP contribution in [0, 0.1) is 0 Å². The third-order valence-corrected chi connectivity index (χ3v) is 1.79. The molecule has 0 amide bonds. The molecule has 5 nitrogen and oxygen atoms in total. The summed E-state index contributed by atoms with van der Waals surface area (Å²) in [6, 6.07) is 19.4. The fourth-order valence-electron chi connectivity index (χ4n) is 1.10. The second-order valence-corrected chi connectivity index (χ2v) is 2.96. The van der Waals surface area contributed by atoms with E-state index in [0.29, 0.717) is 0 Å². The van der Waals surface area contributed by atoms with Crippen molar-refractivity contribution in [3.8, 4) is 0 Å². The zero-order chi connectivity index (χ0) is 12.3. The van der Waals surface area contributed by atoms with Gasteiger partial charge in [-0.15, -0.1) is 0 Å². The zero-order valence-electron chi connectivity index (χ0n) is 9.01. The highest BCUT2D eigenvalue weighted by molar-refractivity contribution is 5.39. The lowest BCUT2D eigenvalue weighted by molar-refractivity contribution is 1.23. The SMILES string of the molecule is [N-]=[N+]=[N-].c1ccc(N=Nc2ccccc2)cc1. The summed E-state index contributed by atoms with van der Waals surface area (Å²) in [5.41, 5.74) is 15.2. The van der Waals surface area contributed by atoms with Crippen LogP contribution in [0.1, 0.15) is 0 Å². The Bertz CT molecular complexity index is 445. The first-order valence-electron chi connectivity index (χ1n) is 4.87. The lowest BCUT2D eigenvalue weighted by Crippen LogP contribution is -1.62. The Morgan fingerprint density at radius 3 is 1.24 bits per heavy atom. The van der Waals surface area contributed by atoms with E-state index in [9.17, 15) is 0 Å². The second-order valence-electron chi connectivity index (χ2n) is 2.96. The number of rotatable bonds is 2. The van der Waals surface area contributed by atoms with Gasteiger partial charge in [0.2, 0.25) is 0 Å². The summed E-state index contributed by atoms with van der Waals surface area (Å²) in [5.74, 6) is 0. The summed E-state index contributed by atoms with van der Waals surface area (Å²) in [4.78, 5) is 1.50. The van der Waals surface area contributed by atoms with Crippen LogP contribution in [0.4, 0.5) is 11.4 Å². The zero-order valence-corrected chi connectivity index (χ0v) is 9.01. The van der Waals surface area contributed by atoms with Crippen molar-refractivity contribution < 1.29 is 0 Å². The second kappa shape index (κ2) is 7.62. The van der Waals surface area contributed by atoms with E-state index in [0.717, 1.165) is 11.4 Å². The highest BCUT2D eigenvalue weighted by Gasteiger charge is 1.86. The molecule has 5 heteroatoms. The molecule has 0 spiro atoms. The van der Waals surface area contributed by atoms with Gasteiger partial charge in [-0.3, -0.25) is 4.91 Å². The molecule has 0 radical (unpaired) electrons. The smallest absolute Gasteiger partial charge is 0.0857 e. The molecule has 2 aromatic rings. The molecule has 0 aromatic heterocycles. The number of benzene rings is 2. The molecule has 0 N–H and O–H groups in total. The predicted octanol–water partition coefficient (Wildman–Crippen LogP) is 4.97. The monoisotopic (exact) mass is 224 g/mol. The molecule has 0 fully saturated rings. The van der Waals surface area contributed by atoms with Gasteiger partial charge in [-0.1, -0.05) is 36.4 Å². The molecule has 0 heterocycles. The fourth-order valence-corrected chi connectivity index (χ4v) is 1.10. The first-order valence-corrected chi connectivity index (χ1v) is 4.87. The minimum Gasteiger partial charge on any atom is -0.373 e. The molecular weight excluding hydrogens is 214 g/mol. The topological polar surface area (TPSA) is 83.4 Å². The molecule has 84 valence electrons. The minimum atomic E-state index is 0.872. The van der Waals surface area contributed by atoms with Crippen LogP contribution < -0.4 is 0 Å². The van der Waals surface area contributed by atoms with Gasteiger partial charge >= 0.3 is 0 Å². The first-order chi connectivity index (χ1) is 8.36. The molecule has 0 aliphatic rings. The Balaban J connectivity index is 0.000000437. The van der Waals surface area contributed by atoms with Gasteiger partial charge in [0.1, 0.15) is 0 Å². The van der Waals surface area contributed by atoms with E-state index in [1.807, 2.05) is 60.7 Å². The van der Waals surface area contributed by atoms with E-state index in [1.54, 1.807) is 0 Å². The third kappa shape index (κ3) is 5.11. The van der Waals surface area contributed by atoms with Crippen molar-refractivity contribution in [1.82, 2.24) is 0 Å². The molecule has 0 atom stereocenters. The maximum atomic E-state index is 6.75. The summed E-state index contributed by atoms with van der Waals surface area (Å²) in [5, 5.41) is 8.20. The van der Waals surface area contributed by atoms with Gasteiger partial charge < -0.3 is 11.1 Å². The lowest BCUT2D eigenvalue weighted by atomic mass is 10.3. The number of azo groups is 1. The maximum absolute atomic E-state index is 6.75. The average Bonchev–Trinajstić information content (AvgIpc) is 2.40. The Morgan fingerprint density at radius 1 is 0.647 bits per heavy atom. The normalized spacial score (nSPS) is 9.18. The average molecular weight is 224 g/mol. The summed E-state index contributed by atoms with van der Waals surface area (Å²) in [6.45, 7) is 0. The summed E-state index contributed by atoms with van der Waals surface area (Å²) in [6.07, 6.45) is 0. The number of hydrogen-bond donors (Lipinski definition) is 0. The van der Waals surface area contributed by atoms with Gasteiger partial charge in [0.05, 0.1) is 11.4 Å². The maximum Gasteiger partial charge on any atom is 0.0857 e. The lowest BCUT2D eigenvalue weighted by Gasteiger charge is -1.91. The Hall–Kier alpha value is -2.65. The van der Waals surface area contributed by atoms with E-state index < -0.39 is 0 Å². The number of hydrogen-bond acceptors (Lipinski definition) is 2. The van der Waals surface area contributed by atoms with E-state index in [1.165, 1.54) is 4.91 Å². The summed E-state index contributed by atoms with van der Waals surface area (Å²) >= 11 is 0. The van der Waals surface area contributed by atoms with E-state index in [2.05, 4.69) is 10.2 Å². The molecule has 0 aliphatic carbocycles. The standard InChI is InChI=1S/C12H10N2.N3/c1-3-7-11(8-4-1)13-14-12-9-5-2-6-10-12;1-3-2/h1-10H;/q;-1. The van der Waals surface area contributed by atoms with Crippen LogP contribution in [0.15, 0.2) is 70.9 Å². The Kier molecular flexibility index (Phi) is 5.56. The Labute approximate surface area is 98.9 Å². The molecule has 0 saturated heterocycles. The quantitative estimate of drug-likeness (QED) is 0.392. The van der Waals surface area contributed by atoms with Crippen LogP contribution in [0.3, 0.4) is 0 Å². The van der Waals surface area contributed by atoms with Gasteiger partial charge in [-0.05, 0) is 24.3 Å². The number of nitrogens with zero attached hydrogens (tertiary/aromatic N) is 5. The molecule has 2 rings (SSSR count). The summed E-state index contributed by atoms with van der Waals surface area (Å²) < 4.78 is 0. The largest absolute Gasteiger partial charge is 0.373 e. The van der Waals surface area contributed by atoms with Crippen LogP contribution >= 0.6 is 0 Å². The van der Waals surface area contributed by atoms with Gasteiger partial charge in [-0.25, -0.2) is 0 Å².